The average molecular weight is 182 g/mol. The van der Waals surface area contributed by atoms with Gasteiger partial charge in [-0.15, -0.1) is 0 Å². The largest absolute Gasteiger partial charge is 0.297 e. The molecule has 0 bridgehead atoms. The van der Waals surface area contributed by atoms with Crippen LogP contribution in [0.4, 0.5) is 0 Å². The fourth-order valence-electron chi connectivity index (χ4n) is 0.344. The van der Waals surface area contributed by atoms with Crippen molar-refractivity contribution < 1.29 is 4.79 Å². The minimum Gasteiger partial charge on any atom is -0.297 e. The highest BCUT2D eigenvalue weighted by atomic mass is 35.5. The highest BCUT2D eigenvalue weighted by Crippen LogP contribution is 2.26. The molecular formula is C4HCl2NOS. The second-order valence-electron chi connectivity index (χ2n) is 1.27. The van der Waals surface area contributed by atoms with Gasteiger partial charge < -0.3 is 0 Å². The van der Waals surface area contributed by atoms with Gasteiger partial charge in [0.2, 0.25) is 0 Å². The Morgan fingerprint density at radius 2 is 2.22 bits per heavy atom. The van der Waals surface area contributed by atoms with Crippen molar-refractivity contribution in [1.29, 1.82) is 0 Å². The summed E-state index contributed by atoms with van der Waals surface area (Å²) < 4.78 is 3.63. The summed E-state index contributed by atoms with van der Waals surface area (Å²) in [5.74, 6) is 0. The van der Waals surface area contributed by atoms with Gasteiger partial charge in [-0.05, 0) is 11.5 Å². The Bertz CT molecular complexity index is 234. The van der Waals surface area contributed by atoms with Gasteiger partial charge in [0.1, 0.15) is 9.90 Å². The smallest absolute Gasteiger partial charge is 0.163 e. The lowest BCUT2D eigenvalue weighted by atomic mass is 10.5. The molecule has 0 fully saturated rings. The molecule has 1 aromatic heterocycles. The van der Waals surface area contributed by atoms with E-state index >= 15 is 0 Å². The predicted molar refractivity (Wildman–Crippen MR) is 37.5 cm³/mol. The van der Waals surface area contributed by atoms with Crippen LogP contribution in [0.2, 0.25) is 10.2 Å². The fraction of sp³-hybridized carbons (Fsp3) is 0. The van der Waals surface area contributed by atoms with Crippen LogP contribution in [0.5, 0.6) is 0 Å². The van der Waals surface area contributed by atoms with Gasteiger partial charge in [0, 0.05) is 0 Å². The lowest BCUT2D eigenvalue weighted by Gasteiger charge is -1.77. The van der Waals surface area contributed by atoms with E-state index in [1.165, 1.54) is 0 Å². The van der Waals surface area contributed by atoms with Crippen LogP contribution in [0.1, 0.15) is 9.67 Å². The molecule has 0 radical (unpaired) electrons. The van der Waals surface area contributed by atoms with Crippen molar-refractivity contribution in [3.63, 3.8) is 0 Å². The van der Waals surface area contributed by atoms with E-state index in [2.05, 4.69) is 4.37 Å². The van der Waals surface area contributed by atoms with Crippen molar-refractivity contribution >= 4 is 41.0 Å². The summed E-state index contributed by atoms with van der Waals surface area (Å²) in [5.41, 5.74) is 0. The first kappa shape index (κ1) is 6.99. The van der Waals surface area contributed by atoms with Crippen LogP contribution in [0.25, 0.3) is 0 Å². The second kappa shape index (κ2) is 2.64. The zero-order valence-electron chi connectivity index (χ0n) is 4.10. The number of hydrogen-bond donors (Lipinski definition) is 0. The van der Waals surface area contributed by atoms with Gasteiger partial charge in [0.25, 0.3) is 0 Å². The van der Waals surface area contributed by atoms with Gasteiger partial charge in [-0.1, -0.05) is 23.2 Å². The molecule has 0 aliphatic heterocycles. The molecule has 1 heterocycles. The quantitative estimate of drug-likeness (QED) is 0.623. The van der Waals surface area contributed by atoms with Gasteiger partial charge in [-0.2, -0.15) is 4.37 Å². The van der Waals surface area contributed by atoms with Crippen LogP contribution in [-0.2, 0) is 0 Å². The molecule has 0 spiro atoms. The Labute approximate surface area is 65.6 Å². The molecule has 0 saturated carbocycles. The first-order valence-corrected chi connectivity index (χ1v) is 3.54. The molecule has 0 saturated heterocycles. The minimum atomic E-state index is 0.198. The monoisotopic (exact) mass is 181 g/mol. The molecule has 48 valence electrons. The number of carbonyl (C=O) groups excluding carboxylic acids is 1. The third-order valence-electron chi connectivity index (χ3n) is 0.729. The molecule has 5 heteroatoms. The number of aromatic nitrogens is 1. The average Bonchev–Trinajstić information content (AvgIpc) is 2.15. The van der Waals surface area contributed by atoms with Gasteiger partial charge in [-0.3, -0.25) is 4.79 Å². The maximum atomic E-state index is 10.1. The molecule has 0 aliphatic rings. The number of nitrogens with zero attached hydrogens (tertiary/aromatic N) is 1. The molecule has 0 amide bonds. The van der Waals surface area contributed by atoms with Crippen LogP contribution in [0, 0.1) is 0 Å². The van der Waals surface area contributed by atoms with E-state index in [9.17, 15) is 4.79 Å². The van der Waals surface area contributed by atoms with E-state index < -0.39 is 0 Å². The second-order valence-corrected chi connectivity index (χ2v) is 2.81. The van der Waals surface area contributed by atoms with E-state index in [0.29, 0.717) is 11.2 Å². The van der Waals surface area contributed by atoms with Crippen molar-refractivity contribution in [3.8, 4) is 0 Å². The van der Waals surface area contributed by atoms with Crippen molar-refractivity contribution in [2.24, 2.45) is 0 Å². The van der Waals surface area contributed by atoms with Crippen molar-refractivity contribution in [1.82, 2.24) is 4.37 Å². The van der Waals surface area contributed by atoms with Crippen LogP contribution < -0.4 is 0 Å². The summed E-state index contributed by atoms with van der Waals surface area (Å²) in [4.78, 5) is 10.4. The first-order valence-electron chi connectivity index (χ1n) is 2.01. The fourth-order valence-corrected chi connectivity index (χ4v) is 1.34. The summed E-state index contributed by atoms with van der Waals surface area (Å²) in [7, 11) is 0. The third-order valence-corrected chi connectivity index (χ3v) is 2.46. The lowest BCUT2D eigenvalue weighted by Crippen LogP contribution is -1.68. The molecule has 0 N–H and O–H groups in total. The molecule has 1 aromatic rings. The SMILES string of the molecule is O=Cc1snc(Cl)c1Cl. The molecule has 0 unspecified atom stereocenters. The number of halogens is 2. The molecule has 0 atom stereocenters. The van der Waals surface area contributed by atoms with Crippen LogP contribution in [0.15, 0.2) is 0 Å². The molecule has 2 nitrogen and oxygen atoms in total. The van der Waals surface area contributed by atoms with Crippen LogP contribution >= 0.6 is 34.7 Å². The molecule has 9 heavy (non-hydrogen) atoms. The Morgan fingerprint density at radius 3 is 2.44 bits per heavy atom. The lowest BCUT2D eigenvalue weighted by molar-refractivity contribution is 0.112. The first-order chi connectivity index (χ1) is 4.25. The zero-order valence-corrected chi connectivity index (χ0v) is 6.43. The molecule has 1 rings (SSSR count). The van der Waals surface area contributed by atoms with Crippen molar-refractivity contribution in [2.75, 3.05) is 0 Å². The van der Waals surface area contributed by atoms with Crippen molar-refractivity contribution in [3.05, 3.63) is 15.1 Å². The topological polar surface area (TPSA) is 30.0 Å². The number of aldehydes is 1. The van der Waals surface area contributed by atoms with Gasteiger partial charge in [0.05, 0.1) is 0 Å². The maximum Gasteiger partial charge on any atom is 0.163 e. The Balaban J connectivity index is 3.18. The van der Waals surface area contributed by atoms with Gasteiger partial charge >= 0.3 is 0 Å². The maximum absolute atomic E-state index is 10.1. The van der Waals surface area contributed by atoms with Gasteiger partial charge in [-0.25, -0.2) is 0 Å². The summed E-state index contributed by atoms with van der Waals surface area (Å²) in [6.07, 6.45) is 0.631. The summed E-state index contributed by atoms with van der Waals surface area (Å²) in [6.45, 7) is 0. The highest BCUT2D eigenvalue weighted by Gasteiger charge is 2.06. The summed E-state index contributed by atoms with van der Waals surface area (Å²) in [5, 5.41) is 0.445. The number of carbonyl (C=O) groups is 1. The summed E-state index contributed by atoms with van der Waals surface area (Å²) >= 11 is 11.9. The van der Waals surface area contributed by atoms with Crippen molar-refractivity contribution in [2.45, 2.75) is 0 Å². The van der Waals surface area contributed by atoms with E-state index in [-0.39, 0.29) is 10.2 Å². The Kier molecular flexibility index (Phi) is 2.05. The molecular weight excluding hydrogens is 181 g/mol. The highest BCUT2D eigenvalue weighted by molar-refractivity contribution is 7.08. The molecule has 0 aromatic carbocycles. The van der Waals surface area contributed by atoms with Gasteiger partial charge in [0.15, 0.2) is 11.4 Å². The van der Waals surface area contributed by atoms with E-state index in [0.717, 1.165) is 11.5 Å². The summed E-state index contributed by atoms with van der Waals surface area (Å²) in [6, 6.07) is 0. The van der Waals surface area contributed by atoms with Crippen LogP contribution in [0.3, 0.4) is 0 Å². The predicted octanol–water partition coefficient (Wildman–Crippen LogP) is 2.26. The standard InChI is InChI=1S/C4HCl2NOS/c5-3-2(1-8)9-7-4(3)6/h1H. The van der Waals surface area contributed by atoms with Crippen LogP contribution in [-0.4, -0.2) is 10.7 Å². The van der Waals surface area contributed by atoms with E-state index in [4.69, 9.17) is 23.2 Å². The minimum absolute atomic E-state index is 0.198. The zero-order chi connectivity index (χ0) is 6.85. The van der Waals surface area contributed by atoms with E-state index in [1.54, 1.807) is 0 Å². The number of hydrogen-bond acceptors (Lipinski definition) is 3. The third kappa shape index (κ3) is 1.23. The number of rotatable bonds is 1. The Morgan fingerprint density at radius 1 is 1.56 bits per heavy atom. The molecule has 0 aliphatic carbocycles. The van der Waals surface area contributed by atoms with E-state index in [1.807, 2.05) is 0 Å². The normalized spacial score (nSPS) is 9.56. The Hall–Kier alpha value is -0.120.